The fourth-order valence-corrected chi connectivity index (χ4v) is 2.12. The Morgan fingerprint density at radius 2 is 1.61 bits per heavy atom. The maximum absolute atomic E-state index is 3.58. The summed E-state index contributed by atoms with van der Waals surface area (Å²) in [6.45, 7) is 14.7. The maximum Gasteiger partial charge on any atom is 0.0105 e. The highest BCUT2D eigenvalue weighted by Gasteiger charge is 2.16. The van der Waals surface area contributed by atoms with Gasteiger partial charge < -0.3 is 5.32 Å². The third-order valence-electron chi connectivity index (χ3n) is 3.77. The van der Waals surface area contributed by atoms with E-state index in [-0.39, 0.29) is 5.41 Å². The zero-order valence-electron chi connectivity index (χ0n) is 12.9. The molecule has 2 unspecified atom stereocenters. The molecule has 0 saturated heterocycles. The number of benzene rings is 1. The van der Waals surface area contributed by atoms with Gasteiger partial charge in [0.25, 0.3) is 0 Å². The second-order valence-electron chi connectivity index (χ2n) is 6.40. The van der Waals surface area contributed by atoms with Crippen LogP contribution in [-0.2, 0) is 5.41 Å². The van der Waals surface area contributed by atoms with Gasteiger partial charge in [0, 0.05) is 6.04 Å². The molecule has 1 rings (SSSR count). The predicted octanol–water partition coefficient (Wildman–Crippen LogP) is 4.48. The molecule has 0 aliphatic carbocycles. The van der Waals surface area contributed by atoms with Crippen molar-refractivity contribution in [3.8, 4) is 0 Å². The average Bonchev–Trinajstić information content (AvgIpc) is 2.34. The van der Waals surface area contributed by atoms with Gasteiger partial charge in [0.1, 0.15) is 0 Å². The molecule has 0 aliphatic rings. The summed E-state index contributed by atoms with van der Waals surface area (Å²) in [6, 6.07) is 9.66. The van der Waals surface area contributed by atoms with Crippen LogP contribution in [0.3, 0.4) is 0 Å². The van der Waals surface area contributed by atoms with Gasteiger partial charge >= 0.3 is 0 Å². The van der Waals surface area contributed by atoms with Crippen molar-refractivity contribution in [3.63, 3.8) is 0 Å². The molecule has 0 saturated carbocycles. The van der Waals surface area contributed by atoms with Gasteiger partial charge in [0.15, 0.2) is 0 Å². The molecule has 2 atom stereocenters. The average molecular weight is 247 g/mol. The minimum absolute atomic E-state index is 0.244. The summed E-state index contributed by atoms with van der Waals surface area (Å²) in [5.74, 6) is 0.561. The first kappa shape index (κ1) is 15.2. The molecule has 102 valence electrons. The topological polar surface area (TPSA) is 12.0 Å². The lowest BCUT2D eigenvalue weighted by Gasteiger charge is -2.24. The molecule has 0 aliphatic heterocycles. The molecular formula is C17H29N. The van der Waals surface area contributed by atoms with Crippen molar-refractivity contribution in [2.24, 2.45) is 0 Å². The molecule has 1 nitrogen and oxygen atoms in total. The first-order valence-electron chi connectivity index (χ1n) is 7.20. The van der Waals surface area contributed by atoms with Crippen molar-refractivity contribution in [2.45, 2.75) is 65.3 Å². The van der Waals surface area contributed by atoms with Crippen LogP contribution in [-0.4, -0.2) is 12.6 Å². The minimum Gasteiger partial charge on any atom is -0.314 e. The highest BCUT2D eigenvalue weighted by atomic mass is 14.9. The van der Waals surface area contributed by atoms with Crippen molar-refractivity contribution >= 4 is 0 Å². The highest BCUT2D eigenvalue weighted by molar-refractivity contribution is 5.29. The number of hydrogen-bond acceptors (Lipinski definition) is 1. The van der Waals surface area contributed by atoms with Crippen LogP contribution in [0.15, 0.2) is 24.3 Å². The first-order chi connectivity index (χ1) is 8.36. The van der Waals surface area contributed by atoms with Gasteiger partial charge in [0.2, 0.25) is 0 Å². The lowest BCUT2D eigenvalue weighted by atomic mass is 9.85. The molecule has 0 heterocycles. The van der Waals surface area contributed by atoms with E-state index in [0.29, 0.717) is 12.0 Å². The van der Waals surface area contributed by atoms with Gasteiger partial charge in [-0.25, -0.2) is 0 Å². The lowest BCUT2D eigenvalue weighted by molar-refractivity contribution is 0.481. The van der Waals surface area contributed by atoms with Gasteiger partial charge in [-0.15, -0.1) is 0 Å². The Morgan fingerprint density at radius 3 is 2.06 bits per heavy atom. The molecule has 0 amide bonds. The van der Waals surface area contributed by atoms with Crippen LogP contribution in [0.4, 0.5) is 0 Å². The smallest absolute Gasteiger partial charge is 0.0105 e. The number of nitrogens with one attached hydrogen (secondary N) is 1. The van der Waals surface area contributed by atoms with Crippen LogP contribution in [0, 0.1) is 0 Å². The monoisotopic (exact) mass is 247 g/mol. The van der Waals surface area contributed by atoms with Crippen LogP contribution in [0.25, 0.3) is 0 Å². The lowest BCUT2D eigenvalue weighted by Crippen LogP contribution is -2.31. The Kier molecular flexibility index (Phi) is 5.40. The number of hydrogen-bond donors (Lipinski definition) is 1. The molecule has 1 aromatic rings. The zero-order chi connectivity index (χ0) is 13.8. The third kappa shape index (κ3) is 4.13. The van der Waals surface area contributed by atoms with E-state index >= 15 is 0 Å². The molecule has 1 aromatic carbocycles. The summed E-state index contributed by atoms with van der Waals surface area (Å²) >= 11 is 0. The van der Waals surface area contributed by atoms with Gasteiger partial charge in [-0.3, -0.25) is 0 Å². The Bertz CT molecular complexity index is 345. The van der Waals surface area contributed by atoms with E-state index in [1.165, 1.54) is 17.5 Å². The van der Waals surface area contributed by atoms with Crippen LogP contribution >= 0.6 is 0 Å². The molecular weight excluding hydrogens is 218 g/mol. The molecule has 1 heteroatoms. The van der Waals surface area contributed by atoms with E-state index in [0.717, 1.165) is 6.54 Å². The summed E-state index contributed by atoms with van der Waals surface area (Å²) in [4.78, 5) is 0. The van der Waals surface area contributed by atoms with Crippen LogP contribution in [0.2, 0.25) is 0 Å². The normalized spacial score (nSPS) is 15.4. The van der Waals surface area contributed by atoms with Crippen LogP contribution in [0.5, 0.6) is 0 Å². The van der Waals surface area contributed by atoms with Crippen molar-refractivity contribution in [3.05, 3.63) is 35.4 Å². The van der Waals surface area contributed by atoms with E-state index in [1.807, 2.05) is 0 Å². The quantitative estimate of drug-likeness (QED) is 0.809. The SMILES string of the molecule is CCCNC(C)C(C)c1ccc(C(C)(C)C)cc1. The zero-order valence-corrected chi connectivity index (χ0v) is 12.9. The van der Waals surface area contributed by atoms with Crippen molar-refractivity contribution in [2.75, 3.05) is 6.54 Å². The minimum atomic E-state index is 0.244. The van der Waals surface area contributed by atoms with E-state index in [9.17, 15) is 0 Å². The second kappa shape index (κ2) is 6.38. The van der Waals surface area contributed by atoms with Crippen LogP contribution in [0.1, 0.15) is 65.0 Å². The van der Waals surface area contributed by atoms with Gasteiger partial charge in [0.05, 0.1) is 0 Å². The fraction of sp³-hybridized carbons (Fsp3) is 0.647. The second-order valence-corrected chi connectivity index (χ2v) is 6.40. The Hall–Kier alpha value is -0.820. The summed E-state index contributed by atoms with van der Waals surface area (Å²) in [7, 11) is 0. The predicted molar refractivity (Wildman–Crippen MR) is 81.3 cm³/mol. The fourth-order valence-electron chi connectivity index (χ4n) is 2.12. The third-order valence-corrected chi connectivity index (χ3v) is 3.77. The van der Waals surface area contributed by atoms with E-state index in [1.54, 1.807) is 0 Å². The van der Waals surface area contributed by atoms with E-state index < -0.39 is 0 Å². The Balaban J connectivity index is 2.72. The summed E-state index contributed by atoms with van der Waals surface area (Å²) in [6.07, 6.45) is 1.19. The standard InChI is InChI=1S/C17H29N/c1-7-12-18-14(3)13(2)15-8-10-16(11-9-15)17(4,5)6/h8-11,13-14,18H,7,12H2,1-6H3. The number of rotatable bonds is 5. The Labute approximate surface area is 113 Å². The maximum atomic E-state index is 3.58. The molecule has 0 aromatic heterocycles. The van der Waals surface area contributed by atoms with Gasteiger partial charge in [-0.1, -0.05) is 58.9 Å². The molecule has 0 spiro atoms. The van der Waals surface area contributed by atoms with E-state index in [2.05, 4.69) is 71.1 Å². The Morgan fingerprint density at radius 1 is 1.06 bits per heavy atom. The molecule has 0 bridgehead atoms. The highest BCUT2D eigenvalue weighted by Crippen LogP contribution is 2.25. The summed E-state index contributed by atoms with van der Waals surface area (Å²) in [5.41, 5.74) is 3.08. The van der Waals surface area contributed by atoms with E-state index in [4.69, 9.17) is 0 Å². The molecule has 0 fully saturated rings. The molecule has 18 heavy (non-hydrogen) atoms. The van der Waals surface area contributed by atoms with Crippen LogP contribution < -0.4 is 5.32 Å². The van der Waals surface area contributed by atoms with Crippen molar-refractivity contribution in [1.82, 2.24) is 5.32 Å². The summed E-state index contributed by atoms with van der Waals surface area (Å²) in [5, 5.41) is 3.58. The molecule has 0 radical (unpaired) electrons. The van der Waals surface area contributed by atoms with Crippen molar-refractivity contribution < 1.29 is 0 Å². The first-order valence-corrected chi connectivity index (χ1v) is 7.20. The van der Waals surface area contributed by atoms with Crippen molar-refractivity contribution in [1.29, 1.82) is 0 Å². The molecule has 1 N–H and O–H groups in total. The summed E-state index contributed by atoms with van der Waals surface area (Å²) < 4.78 is 0. The largest absolute Gasteiger partial charge is 0.314 e. The van der Waals surface area contributed by atoms with Gasteiger partial charge in [-0.2, -0.15) is 0 Å². The van der Waals surface area contributed by atoms with Gasteiger partial charge in [-0.05, 0) is 42.3 Å².